The van der Waals surface area contributed by atoms with Crippen molar-refractivity contribution in [2.45, 2.75) is 32.7 Å². The summed E-state index contributed by atoms with van der Waals surface area (Å²) < 4.78 is 2.24. The molecule has 3 aromatic carbocycles. The molecule has 7 heteroatoms. The number of H-pyrrole nitrogens is 1. The van der Waals surface area contributed by atoms with Gasteiger partial charge in [0.25, 0.3) is 5.56 Å². The standard InChI is InChI=1S/C29H26N4O3/c1-2-3-8-27-30-25-14-13-21(24-15-16-28(34)32-31-24)17-26(25)33(27)18-19-9-11-20(12-10-19)22-6-4-5-7-23(22)29(35)36/h4-7,9-17H,2-3,8,18H2,1H3,(H,32,34)(H,35,36). The Bertz CT molecular complexity index is 1580. The Morgan fingerprint density at radius 3 is 2.47 bits per heavy atom. The summed E-state index contributed by atoms with van der Waals surface area (Å²) in [6.07, 6.45) is 3.00. The molecule has 0 aliphatic carbocycles. The minimum Gasteiger partial charge on any atom is -0.478 e. The number of carbonyl (C=O) groups is 1. The lowest BCUT2D eigenvalue weighted by atomic mass is 9.98. The van der Waals surface area contributed by atoms with Gasteiger partial charge in [0.15, 0.2) is 0 Å². The maximum atomic E-state index is 11.6. The molecule has 0 unspecified atom stereocenters. The largest absolute Gasteiger partial charge is 0.478 e. The molecule has 36 heavy (non-hydrogen) atoms. The third-order valence-corrected chi connectivity index (χ3v) is 6.32. The molecule has 0 bridgehead atoms. The van der Waals surface area contributed by atoms with Crippen molar-refractivity contribution < 1.29 is 9.90 Å². The lowest BCUT2D eigenvalue weighted by Gasteiger charge is -2.12. The molecule has 0 atom stereocenters. The zero-order valence-electron chi connectivity index (χ0n) is 19.9. The Labute approximate surface area is 208 Å². The van der Waals surface area contributed by atoms with Gasteiger partial charge < -0.3 is 9.67 Å². The molecular formula is C29H26N4O3. The molecule has 2 aromatic heterocycles. The predicted octanol–water partition coefficient (Wildman–Crippen LogP) is 5.54. The number of benzene rings is 3. The highest BCUT2D eigenvalue weighted by molar-refractivity contribution is 5.96. The Morgan fingerprint density at radius 1 is 0.972 bits per heavy atom. The molecule has 2 heterocycles. The van der Waals surface area contributed by atoms with E-state index in [1.165, 1.54) is 6.07 Å². The quantitative estimate of drug-likeness (QED) is 0.305. The van der Waals surface area contributed by atoms with Gasteiger partial charge in [0.1, 0.15) is 5.82 Å². The Morgan fingerprint density at radius 2 is 1.75 bits per heavy atom. The summed E-state index contributed by atoms with van der Waals surface area (Å²) in [5, 5.41) is 16.2. The summed E-state index contributed by atoms with van der Waals surface area (Å²) >= 11 is 0. The first-order chi connectivity index (χ1) is 17.5. The monoisotopic (exact) mass is 478 g/mol. The van der Waals surface area contributed by atoms with Crippen molar-refractivity contribution in [3.63, 3.8) is 0 Å². The van der Waals surface area contributed by atoms with Crippen molar-refractivity contribution >= 4 is 17.0 Å². The van der Waals surface area contributed by atoms with Gasteiger partial charge in [0.2, 0.25) is 0 Å². The molecule has 0 aliphatic rings. The molecule has 0 fully saturated rings. The van der Waals surface area contributed by atoms with Crippen LogP contribution < -0.4 is 5.56 Å². The number of carboxylic acids is 1. The van der Waals surface area contributed by atoms with Gasteiger partial charge >= 0.3 is 5.97 Å². The van der Waals surface area contributed by atoms with Gasteiger partial charge in [-0.25, -0.2) is 14.9 Å². The van der Waals surface area contributed by atoms with Crippen LogP contribution in [-0.4, -0.2) is 30.8 Å². The molecule has 180 valence electrons. The molecule has 5 rings (SSSR count). The predicted molar refractivity (Wildman–Crippen MR) is 140 cm³/mol. The number of hydrogen-bond donors (Lipinski definition) is 2. The molecule has 0 saturated heterocycles. The van der Waals surface area contributed by atoms with Crippen LogP contribution in [0, 0.1) is 0 Å². The molecule has 0 saturated carbocycles. The highest BCUT2D eigenvalue weighted by atomic mass is 16.4. The highest BCUT2D eigenvalue weighted by Crippen LogP contribution is 2.27. The number of aromatic amines is 1. The molecule has 7 nitrogen and oxygen atoms in total. The number of fused-ring (bicyclic) bond motifs is 1. The van der Waals surface area contributed by atoms with Gasteiger partial charge in [-0.3, -0.25) is 4.79 Å². The number of aryl methyl sites for hydroxylation is 1. The van der Waals surface area contributed by atoms with Crippen molar-refractivity contribution in [3.8, 4) is 22.4 Å². The first-order valence-corrected chi connectivity index (χ1v) is 12.0. The van der Waals surface area contributed by atoms with Crippen molar-refractivity contribution in [1.82, 2.24) is 19.7 Å². The van der Waals surface area contributed by atoms with E-state index in [1.807, 2.05) is 48.5 Å². The fourth-order valence-corrected chi connectivity index (χ4v) is 4.43. The molecule has 0 aliphatic heterocycles. The van der Waals surface area contributed by atoms with Crippen molar-refractivity contribution in [2.24, 2.45) is 0 Å². The number of carboxylic acid groups (broad SMARTS) is 1. The molecule has 0 amide bonds. The van der Waals surface area contributed by atoms with E-state index in [-0.39, 0.29) is 11.1 Å². The Kier molecular flexibility index (Phi) is 6.45. The number of imidazole rings is 1. The number of unbranched alkanes of at least 4 members (excludes halogenated alkanes) is 1. The average Bonchev–Trinajstić information content (AvgIpc) is 3.24. The molecular weight excluding hydrogens is 452 g/mol. The van der Waals surface area contributed by atoms with Crippen LogP contribution in [0.15, 0.2) is 83.7 Å². The van der Waals surface area contributed by atoms with Gasteiger partial charge in [-0.1, -0.05) is 61.9 Å². The van der Waals surface area contributed by atoms with Crippen LogP contribution in [0.5, 0.6) is 0 Å². The van der Waals surface area contributed by atoms with E-state index in [0.717, 1.165) is 52.8 Å². The van der Waals surface area contributed by atoms with E-state index in [0.29, 0.717) is 17.8 Å². The normalized spacial score (nSPS) is 11.1. The van der Waals surface area contributed by atoms with Gasteiger partial charge in [0, 0.05) is 24.6 Å². The maximum absolute atomic E-state index is 11.6. The second-order valence-corrected chi connectivity index (χ2v) is 8.78. The minimum absolute atomic E-state index is 0.235. The summed E-state index contributed by atoms with van der Waals surface area (Å²) in [5.74, 6) is 0.0895. The van der Waals surface area contributed by atoms with Crippen molar-refractivity contribution in [1.29, 1.82) is 0 Å². The van der Waals surface area contributed by atoms with E-state index >= 15 is 0 Å². The first kappa shape index (κ1) is 23.2. The lowest BCUT2D eigenvalue weighted by Crippen LogP contribution is -2.06. The van der Waals surface area contributed by atoms with E-state index in [2.05, 4.69) is 27.8 Å². The van der Waals surface area contributed by atoms with E-state index < -0.39 is 5.97 Å². The van der Waals surface area contributed by atoms with Crippen LogP contribution in [0.1, 0.15) is 41.5 Å². The number of rotatable bonds is 8. The van der Waals surface area contributed by atoms with Crippen LogP contribution >= 0.6 is 0 Å². The summed E-state index contributed by atoms with van der Waals surface area (Å²) in [7, 11) is 0. The van der Waals surface area contributed by atoms with Crippen LogP contribution in [0.25, 0.3) is 33.4 Å². The number of nitrogens with zero attached hydrogens (tertiary/aromatic N) is 3. The molecule has 0 radical (unpaired) electrons. The minimum atomic E-state index is -0.937. The smallest absolute Gasteiger partial charge is 0.336 e. The number of aromatic nitrogens is 4. The van der Waals surface area contributed by atoms with Gasteiger partial charge in [-0.15, -0.1) is 0 Å². The van der Waals surface area contributed by atoms with Crippen LogP contribution in [0.2, 0.25) is 0 Å². The fraction of sp³-hybridized carbons (Fsp3) is 0.172. The van der Waals surface area contributed by atoms with Gasteiger partial charge in [-0.05, 0) is 47.4 Å². The second-order valence-electron chi connectivity index (χ2n) is 8.78. The van der Waals surface area contributed by atoms with Crippen LogP contribution in [0.4, 0.5) is 0 Å². The second kappa shape index (κ2) is 10.00. The summed E-state index contributed by atoms with van der Waals surface area (Å²) in [6.45, 7) is 2.81. The fourth-order valence-electron chi connectivity index (χ4n) is 4.43. The summed E-state index contributed by atoms with van der Waals surface area (Å²) in [5.41, 5.74) is 6.24. The van der Waals surface area contributed by atoms with E-state index in [9.17, 15) is 14.7 Å². The van der Waals surface area contributed by atoms with Gasteiger partial charge in [0.05, 0.1) is 22.3 Å². The lowest BCUT2D eigenvalue weighted by molar-refractivity contribution is 0.0697. The zero-order chi connectivity index (χ0) is 25.1. The highest BCUT2D eigenvalue weighted by Gasteiger charge is 2.14. The molecule has 2 N–H and O–H groups in total. The number of aromatic carboxylic acids is 1. The third-order valence-electron chi connectivity index (χ3n) is 6.32. The molecule has 5 aromatic rings. The SMILES string of the molecule is CCCCc1nc2ccc(-c3ccc(=O)[nH]n3)cc2n1Cc1ccc(-c2ccccc2C(=O)O)cc1. The van der Waals surface area contributed by atoms with Crippen LogP contribution in [0.3, 0.4) is 0 Å². The zero-order valence-corrected chi connectivity index (χ0v) is 19.9. The Balaban J connectivity index is 1.52. The maximum Gasteiger partial charge on any atom is 0.336 e. The van der Waals surface area contributed by atoms with Crippen LogP contribution in [-0.2, 0) is 13.0 Å². The topological polar surface area (TPSA) is 101 Å². The van der Waals surface area contributed by atoms with Crippen molar-refractivity contribution in [2.75, 3.05) is 0 Å². The molecule has 0 spiro atoms. The summed E-state index contributed by atoms with van der Waals surface area (Å²) in [4.78, 5) is 28.0. The van der Waals surface area contributed by atoms with Gasteiger partial charge in [-0.2, -0.15) is 5.10 Å². The third kappa shape index (κ3) is 4.68. The summed E-state index contributed by atoms with van der Waals surface area (Å²) in [6, 6.07) is 24.3. The van der Waals surface area contributed by atoms with E-state index in [4.69, 9.17) is 4.98 Å². The number of nitrogens with one attached hydrogen (secondary N) is 1. The van der Waals surface area contributed by atoms with Crippen molar-refractivity contribution in [3.05, 3.63) is 106 Å². The Hall–Kier alpha value is -4.52. The van der Waals surface area contributed by atoms with E-state index in [1.54, 1.807) is 18.2 Å². The number of hydrogen-bond acceptors (Lipinski definition) is 4. The average molecular weight is 479 g/mol. The first-order valence-electron chi connectivity index (χ1n) is 12.0.